The van der Waals surface area contributed by atoms with Crippen molar-refractivity contribution in [1.82, 2.24) is 4.90 Å². The van der Waals surface area contributed by atoms with E-state index < -0.39 is 9.84 Å². The molecule has 1 saturated heterocycles. The Morgan fingerprint density at radius 3 is 2.27 bits per heavy atom. The first-order chi connectivity index (χ1) is 10.3. The summed E-state index contributed by atoms with van der Waals surface area (Å²) in [6, 6.07) is 6.82. The fraction of sp³-hybridized carbons (Fsp3) is 0.562. The number of sulfone groups is 1. The molecule has 22 heavy (non-hydrogen) atoms. The third-order valence-corrected chi connectivity index (χ3v) is 5.60. The molecule has 122 valence electrons. The summed E-state index contributed by atoms with van der Waals surface area (Å²) in [6.07, 6.45) is 0. The fourth-order valence-corrected chi connectivity index (χ4v) is 3.48. The van der Waals surface area contributed by atoms with E-state index in [-0.39, 0.29) is 11.7 Å². The second-order valence-corrected chi connectivity index (χ2v) is 8.33. The summed E-state index contributed by atoms with van der Waals surface area (Å²) >= 11 is 0. The van der Waals surface area contributed by atoms with E-state index in [1.165, 1.54) is 0 Å². The topological polar surface area (TPSA) is 57.7 Å². The molecular weight excluding hydrogens is 300 g/mol. The molecule has 1 aromatic rings. The van der Waals surface area contributed by atoms with Crippen molar-refractivity contribution in [3.8, 4) is 0 Å². The van der Waals surface area contributed by atoms with Gasteiger partial charge in [0.2, 0.25) is 5.91 Å². The number of amides is 1. The molecule has 2 rings (SSSR count). The number of nitrogens with zero attached hydrogens (tertiary/aromatic N) is 2. The van der Waals surface area contributed by atoms with Crippen LogP contribution in [0, 0.1) is 5.92 Å². The molecule has 5 nitrogen and oxygen atoms in total. The van der Waals surface area contributed by atoms with E-state index in [9.17, 15) is 13.2 Å². The van der Waals surface area contributed by atoms with Gasteiger partial charge in [0.25, 0.3) is 0 Å². The number of rotatable bonds is 5. The van der Waals surface area contributed by atoms with Crippen LogP contribution in [0.25, 0.3) is 0 Å². The minimum absolute atomic E-state index is 0.0959. The normalized spacial score (nSPS) is 16.5. The second-order valence-electron chi connectivity index (χ2n) is 6.05. The van der Waals surface area contributed by atoms with Crippen LogP contribution in [-0.2, 0) is 14.6 Å². The van der Waals surface area contributed by atoms with Crippen molar-refractivity contribution in [3.63, 3.8) is 0 Å². The molecule has 0 unspecified atom stereocenters. The zero-order valence-corrected chi connectivity index (χ0v) is 14.3. The van der Waals surface area contributed by atoms with Crippen molar-refractivity contribution in [2.45, 2.75) is 25.7 Å². The molecule has 0 bridgehead atoms. The van der Waals surface area contributed by atoms with Crippen LogP contribution in [0.15, 0.2) is 29.2 Å². The van der Waals surface area contributed by atoms with Gasteiger partial charge in [-0.05, 0) is 30.2 Å². The highest BCUT2D eigenvalue weighted by molar-refractivity contribution is 7.91. The van der Waals surface area contributed by atoms with Crippen molar-refractivity contribution in [2.24, 2.45) is 5.92 Å². The summed E-state index contributed by atoms with van der Waals surface area (Å²) in [5.74, 6) is 0.692. The minimum atomic E-state index is -3.17. The standard InChI is InChI=1S/C16H24N2O3S/c1-4-22(20,21)15-7-5-14(6-8-15)17-9-10-18(11-13(2)3)16(19)12-17/h5-8,13H,4,9-12H2,1-3H3. The zero-order chi connectivity index (χ0) is 16.3. The Kier molecular flexibility index (Phi) is 5.11. The maximum absolute atomic E-state index is 12.2. The maximum Gasteiger partial charge on any atom is 0.242 e. The summed E-state index contributed by atoms with van der Waals surface area (Å²) in [7, 11) is -3.17. The van der Waals surface area contributed by atoms with E-state index in [2.05, 4.69) is 13.8 Å². The van der Waals surface area contributed by atoms with Gasteiger partial charge in [-0.15, -0.1) is 0 Å². The van der Waals surface area contributed by atoms with Crippen LogP contribution < -0.4 is 4.90 Å². The molecule has 0 spiro atoms. The SMILES string of the molecule is CCS(=O)(=O)c1ccc(N2CCN(CC(C)C)C(=O)C2)cc1. The molecule has 1 aliphatic rings. The lowest BCUT2D eigenvalue weighted by Gasteiger charge is -2.36. The van der Waals surface area contributed by atoms with Crippen LogP contribution in [0.4, 0.5) is 5.69 Å². The van der Waals surface area contributed by atoms with Crippen molar-refractivity contribution in [2.75, 3.05) is 36.8 Å². The van der Waals surface area contributed by atoms with Crippen molar-refractivity contribution < 1.29 is 13.2 Å². The van der Waals surface area contributed by atoms with E-state index in [0.717, 1.165) is 18.8 Å². The van der Waals surface area contributed by atoms with E-state index in [1.807, 2.05) is 9.80 Å². The van der Waals surface area contributed by atoms with Crippen LogP contribution in [0.5, 0.6) is 0 Å². The average Bonchev–Trinajstić information content (AvgIpc) is 2.49. The van der Waals surface area contributed by atoms with Gasteiger partial charge < -0.3 is 9.80 Å². The van der Waals surface area contributed by atoms with Gasteiger partial charge in [-0.25, -0.2) is 8.42 Å². The minimum Gasteiger partial charge on any atom is -0.360 e. The zero-order valence-electron chi connectivity index (χ0n) is 13.4. The molecule has 1 heterocycles. The molecule has 1 aliphatic heterocycles. The average molecular weight is 324 g/mol. The van der Waals surface area contributed by atoms with E-state index in [4.69, 9.17) is 0 Å². The van der Waals surface area contributed by atoms with Gasteiger partial charge in [0.05, 0.1) is 17.2 Å². The van der Waals surface area contributed by atoms with Crippen molar-refractivity contribution >= 4 is 21.4 Å². The van der Waals surface area contributed by atoms with Crippen LogP contribution in [0.3, 0.4) is 0 Å². The van der Waals surface area contributed by atoms with Crippen LogP contribution in [0.2, 0.25) is 0 Å². The summed E-state index contributed by atoms with van der Waals surface area (Å²) in [6.45, 7) is 8.48. The Labute approximate surface area is 132 Å². The molecule has 0 N–H and O–H groups in total. The molecular formula is C16H24N2O3S. The fourth-order valence-electron chi connectivity index (χ4n) is 2.59. The highest BCUT2D eigenvalue weighted by atomic mass is 32.2. The first-order valence-corrected chi connectivity index (χ1v) is 9.34. The number of carbonyl (C=O) groups excluding carboxylic acids is 1. The molecule has 0 aliphatic carbocycles. The van der Waals surface area contributed by atoms with E-state index >= 15 is 0 Å². The highest BCUT2D eigenvalue weighted by Crippen LogP contribution is 2.20. The van der Waals surface area contributed by atoms with Gasteiger partial charge in [-0.1, -0.05) is 20.8 Å². The van der Waals surface area contributed by atoms with E-state index in [0.29, 0.717) is 23.9 Å². The van der Waals surface area contributed by atoms with Crippen LogP contribution >= 0.6 is 0 Å². The van der Waals surface area contributed by atoms with Gasteiger partial charge in [-0.3, -0.25) is 4.79 Å². The first-order valence-electron chi connectivity index (χ1n) is 7.69. The van der Waals surface area contributed by atoms with Crippen molar-refractivity contribution in [3.05, 3.63) is 24.3 Å². The van der Waals surface area contributed by atoms with Gasteiger partial charge in [0.15, 0.2) is 9.84 Å². The Hall–Kier alpha value is -1.56. The Morgan fingerprint density at radius 1 is 1.14 bits per heavy atom. The maximum atomic E-state index is 12.2. The van der Waals surface area contributed by atoms with Crippen LogP contribution in [0.1, 0.15) is 20.8 Å². The Balaban J connectivity index is 2.07. The molecule has 0 saturated carbocycles. The predicted molar refractivity (Wildman–Crippen MR) is 87.8 cm³/mol. The number of hydrogen-bond acceptors (Lipinski definition) is 4. The predicted octanol–water partition coefficient (Wildman–Crippen LogP) is 1.78. The molecule has 1 aromatic carbocycles. The summed E-state index contributed by atoms with van der Waals surface area (Å²) in [5, 5.41) is 0. The number of anilines is 1. The van der Waals surface area contributed by atoms with Gasteiger partial charge in [0, 0.05) is 25.3 Å². The van der Waals surface area contributed by atoms with E-state index in [1.54, 1.807) is 31.2 Å². The number of piperazine rings is 1. The molecule has 0 radical (unpaired) electrons. The second kappa shape index (κ2) is 6.69. The molecule has 1 amide bonds. The molecule has 0 atom stereocenters. The third kappa shape index (κ3) is 3.80. The van der Waals surface area contributed by atoms with Gasteiger partial charge >= 0.3 is 0 Å². The van der Waals surface area contributed by atoms with Crippen molar-refractivity contribution in [1.29, 1.82) is 0 Å². The molecule has 6 heteroatoms. The summed E-state index contributed by atoms with van der Waals surface area (Å²) in [5.41, 5.74) is 0.896. The summed E-state index contributed by atoms with van der Waals surface area (Å²) < 4.78 is 23.6. The van der Waals surface area contributed by atoms with Crippen LogP contribution in [-0.4, -0.2) is 51.2 Å². The lowest BCUT2D eigenvalue weighted by molar-refractivity contribution is -0.131. The third-order valence-electron chi connectivity index (χ3n) is 3.85. The quantitative estimate of drug-likeness (QED) is 0.828. The van der Waals surface area contributed by atoms with Gasteiger partial charge in [0.1, 0.15) is 0 Å². The lowest BCUT2D eigenvalue weighted by Crippen LogP contribution is -2.51. The number of carbonyl (C=O) groups is 1. The largest absolute Gasteiger partial charge is 0.360 e. The highest BCUT2D eigenvalue weighted by Gasteiger charge is 2.24. The Morgan fingerprint density at radius 2 is 1.77 bits per heavy atom. The monoisotopic (exact) mass is 324 g/mol. The summed E-state index contributed by atoms with van der Waals surface area (Å²) in [4.78, 5) is 16.4. The van der Waals surface area contributed by atoms with Gasteiger partial charge in [-0.2, -0.15) is 0 Å². The Bertz CT molecular complexity index is 623. The molecule has 1 fully saturated rings. The number of hydrogen-bond donors (Lipinski definition) is 0. The number of benzene rings is 1. The lowest BCUT2D eigenvalue weighted by atomic mass is 10.1. The smallest absolute Gasteiger partial charge is 0.242 e. The first kappa shape index (κ1) is 16.8. The molecule has 0 aromatic heterocycles.